The molecule has 0 saturated carbocycles. The van der Waals surface area contributed by atoms with Gasteiger partial charge in [0.25, 0.3) is 0 Å². The van der Waals surface area contributed by atoms with E-state index in [1.807, 2.05) is 17.0 Å². The summed E-state index contributed by atoms with van der Waals surface area (Å²) in [4.78, 5) is 19.9. The van der Waals surface area contributed by atoms with Crippen LogP contribution < -0.4 is 10.2 Å². The number of amides is 2. The number of urea groups is 1. The van der Waals surface area contributed by atoms with Crippen LogP contribution in [0.3, 0.4) is 0 Å². The molecule has 0 atom stereocenters. The van der Waals surface area contributed by atoms with Crippen molar-refractivity contribution >= 4 is 17.4 Å². The van der Waals surface area contributed by atoms with E-state index in [1.54, 1.807) is 0 Å². The highest BCUT2D eigenvalue weighted by Gasteiger charge is 2.25. The fraction of sp³-hybridized carbons (Fsp3) is 0.500. The van der Waals surface area contributed by atoms with E-state index in [0.717, 1.165) is 76.5 Å². The number of benzene rings is 2. The molecule has 2 aromatic rings. The van der Waals surface area contributed by atoms with Crippen LogP contribution in [0.4, 0.5) is 16.2 Å². The molecular formula is C26H36N4O. The van der Waals surface area contributed by atoms with E-state index >= 15 is 0 Å². The van der Waals surface area contributed by atoms with Crippen LogP contribution >= 0.6 is 0 Å². The Hall–Kier alpha value is -2.53. The second kappa shape index (κ2) is 10.2. The second-order valence-corrected chi connectivity index (χ2v) is 8.89. The molecule has 0 aromatic heterocycles. The van der Waals surface area contributed by atoms with Gasteiger partial charge in [0.15, 0.2) is 0 Å². The Kier molecular flexibility index (Phi) is 7.13. The lowest BCUT2D eigenvalue weighted by Crippen LogP contribution is -2.41. The summed E-state index contributed by atoms with van der Waals surface area (Å²) in [6.07, 6.45) is 3.21. The molecule has 0 radical (unpaired) electrons. The third-order valence-electron chi connectivity index (χ3n) is 6.85. The van der Waals surface area contributed by atoms with Gasteiger partial charge in [-0.3, -0.25) is 0 Å². The lowest BCUT2D eigenvalue weighted by molar-refractivity contribution is 0.194. The number of nitrogens with zero attached hydrogens (tertiary/aromatic N) is 3. The Morgan fingerprint density at radius 2 is 1.68 bits per heavy atom. The minimum absolute atomic E-state index is 0.0276. The average Bonchev–Trinajstić information content (AvgIpc) is 3.06. The Morgan fingerprint density at radius 1 is 0.935 bits per heavy atom. The molecule has 2 amide bonds. The maximum absolute atomic E-state index is 13.0. The summed E-state index contributed by atoms with van der Waals surface area (Å²) < 4.78 is 0. The van der Waals surface area contributed by atoms with Gasteiger partial charge in [0.2, 0.25) is 0 Å². The number of carbonyl (C=O) groups excluding carboxylic acids is 1. The van der Waals surface area contributed by atoms with E-state index in [9.17, 15) is 4.79 Å². The van der Waals surface area contributed by atoms with Crippen LogP contribution in [0, 0.1) is 6.92 Å². The topological polar surface area (TPSA) is 38.8 Å². The zero-order valence-electron chi connectivity index (χ0n) is 19.0. The minimum Gasteiger partial charge on any atom is -0.369 e. The lowest BCUT2D eigenvalue weighted by Gasteiger charge is -2.33. The zero-order valence-corrected chi connectivity index (χ0v) is 19.0. The fourth-order valence-electron chi connectivity index (χ4n) is 4.83. The first-order chi connectivity index (χ1) is 15.1. The molecule has 0 bridgehead atoms. The second-order valence-electron chi connectivity index (χ2n) is 8.89. The summed E-state index contributed by atoms with van der Waals surface area (Å²) in [5.74, 6) is 0.551. The number of hydrogen-bond acceptors (Lipinski definition) is 3. The zero-order chi connectivity index (χ0) is 21.6. The summed E-state index contributed by atoms with van der Waals surface area (Å²) in [5, 5.41) is 3.22. The van der Waals surface area contributed by atoms with Crippen LogP contribution in [0.15, 0.2) is 48.5 Å². The Balaban J connectivity index is 1.36. The van der Waals surface area contributed by atoms with Crippen LogP contribution in [0.25, 0.3) is 0 Å². The summed E-state index contributed by atoms with van der Waals surface area (Å²) >= 11 is 0. The summed E-state index contributed by atoms with van der Waals surface area (Å²) in [7, 11) is 0. The predicted molar refractivity (Wildman–Crippen MR) is 129 cm³/mol. The molecule has 5 nitrogen and oxygen atoms in total. The van der Waals surface area contributed by atoms with E-state index < -0.39 is 0 Å². The number of nitrogens with one attached hydrogen (secondary N) is 1. The molecule has 0 aliphatic carbocycles. The predicted octanol–water partition coefficient (Wildman–Crippen LogP) is 4.94. The normalized spacial score (nSPS) is 18.6. The van der Waals surface area contributed by atoms with E-state index in [2.05, 4.69) is 65.4 Å². The first-order valence-corrected chi connectivity index (χ1v) is 11.8. The molecule has 2 aliphatic rings. The molecule has 2 heterocycles. The molecular weight excluding hydrogens is 384 g/mol. The number of rotatable bonds is 4. The smallest absolute Gasteiger partial charge is 0.321 e. The number of hydrogen-bond donors (Lipinski definition) is 1. The minimum atomic E-state index is 0.0276. The van der Waals surface area contributed by atoms with E-state index in [0.29, 0.717) is 5.92 Å². The van der Waals surface area contributed by atoms with Gasteiger partial charge in [0.1, 0.15) is 0 Å². The number of piperidine rings is 1. The highest BCUT2D eigenvalue weighted by atomic mass is 16.2. The fourth-order valence-corrected chi connectivity index (χ4v) is 4.83. The van der Waals surface area contributed by atoms with Crippen LogP contribution in [0.1, 0.15) is 43.2 Å². The SMILES string of the molecule is CCN1CCCN(c2ccccc2NC(=O)N2CCC(c3ccc(C)cc3)CC2)CC1. The van der Waals surface area contributed by atoms with Gasteiger partial charge in [-0.25, -0.2) is 4.79 Å². The van der Waals surface area contributed by atoms with Gasteiger partial charge in [-0.1, -0.05) is 48.9 Å². The van der Waals surface area contributed by atoms with Gasteiger partial charge in [0.05, 0.1) is 11.4 Å². The standard InChI is InChI=1S/C26H36N4O/c1-3-28-15-6-16-29(20-19-28)25-8-5-4-7-24(25)27-26(31)30-17-13-23(14-18-30)22-11-9-21(2)10-12-22/h4-5,7-12,23H,3,6,13-20H2,1-2H3,(H,27,31). The molecule has 31 heavy (non-hydrogen) atoms. The molecule has 5 heteroatoms. The third kappa shape index (κ3) is 5.40. The largest absolute Gasteiger partial charge is 0.369 e. The van der Waals surface area contributed by atoms with Crippen LogP contribution in [-0.4, -0.2) is 61.6 Å². The number of carbonyl (C=O) groups is 1. The summed E-state index contributed by atoms with van der Waals surface area (Å²) in [5.41, 5.74) is 4.77. The number of para-hydroxylation sites is 2. The molecule has 2 fully saturated rings. The van der Waals surface area contributed by atoms with Gasteiger partial charge in [-0.2, -0.15) is 0 Å². The number of likely N-dealkylation sites (N-methyl/N-ethyl adjacent to an activating group) is 1. The van der Waals surface area contributed by atoms with Crippen LogP contribution in [-0.2, 0) is 0 Å². The van der Waals surface area contributed by atoms with Crippen LogP contribution in [0.5, 0.6) is 0 Å². The van der Waals surface area contributed by atoms with Crippen molar-refractivity contribution in [2.24, 2.45) is 0 Å². The van der Waals surface area contributed by atoms with Gasteiger partial charge in [-0.05, 0) is 62.9 Å². The van der Waals surface area contributed by atoms with Crippen molar-refractivity contribution in [2.75, 3.05) is 56.0 Å². The van der Waals surface area contributed by atoms with E-state index in [-0.39, 0.29) is 6.03 Å². The maximum Gasteiger partial charge on any atom is 0.321 e. The third-order valence-corrected chi connectivity index (χ3v) is 6.85. The average molecular weight is 421 g/mol. The quantitative estimate of drug-likeness (QED) is 0.762. The van der Waals surface area contributed by atoms with E-state index in [4.69, 9.17) is 0 Å². The van der Waals surface area contributed by atoms with Crippen molar-refractivity contribution in [3.63, 3.8) is 0 Å². The number of likely N-dealkylation sites (tertiary alicyclic amines) is 1. The highest BCUT2D eigenvalue weighted by Crippen LogP contribution is 2.30. The summed E-state index contributed by atoms with van der Waals surface area (Å²) in [6.45, 7) is 11.3. The molecule has 1 N–H and O–H groups in total. The molecule has 2 aliphatic heterocycles. The van der Waals surface area contributed by atoms with Gasteiger partial charge >= 0.3 is 6.03 Å². The monoisotopic (exact) mass is 420 g/mol. The van der Waals surface area contributed by atoms with Gasteiger partial charge in [0, 0.05) is 32.7 Å². The molecule has 4 rings (SSSR count). The molecule has 2 aromatic carbocycles. The van der Waals surface area contributed by atoms with Crippen molar-refractivity contribution in [2.45, 2.75) is 39.0 Å². The first-order valence-electron chi connectivity index (χ1n) is 11.8. The Labute approximate surface area is 187 Å². The Bertz CT molecular complexity index is 858. The maximum atomic E-state index is 13.0. The van der Waals surface area contributed by atoms with Crippen molar-refractivity contribution in [1.82, 2.24) is 9.80 Å². The van der Waals surface area contributed by atoms with Crippen molar-refractivity contribution in [3.05, 3.63) is 59.7 Å². The van der Waals surface area contributed by atoms with Gasteiger partial charge in [-0.15, -0.1) is 0 Å². The molecule has 0 spiro atoms. The molecule has 2 saturated heterocycles. The molecule has 166 valence electrons. The van der Waals surface area contributed by atoms with Crippen molar-refractivity contribution in [3.8, 4) is 0 Å². The highest BCUT2D eigenvalue weighted by molar-refractivity contribution is 5.93. The van der Waals surface area contributed by atoms with Crippen molar-refractivity contribution in [1.29, 1.82) is 0 Å². The lowest BCUT2D eigenvalue weighted by atomic mass is 9.89. The number of aryl methyl sites for hydroxylation is 1. The Morgan fingerprint density at radius 3 is 2.42 bits per heavy atom. The van der Waals surface area contributed by atoms with Crippen molar-refractivity contribution < 1.29 is 4.79 Å². The summed E-state index contributed by atoms with van der Waals surface area (Å²) in [6, 6.07) is 17.1. The number of anilines is 2. The van der Waals surface area contributed by atoms with E-state index in [1.165, 1.54) is 11.1 Å². The first kappa shape index (κ1) is 21.7. The molecule has 0 unspecified atom stereocenters. The van der Waals surface area contributed by atoms with Crippen LogP contribution in [0.2, 0.25) is 0 Å². The van der Waals surface area contributed by atoms with Gasteiger partial charge < -0.3 is 20.0 Å².